The van der Waals surface area contributed by atoms with Crippen LogP contribution in [0.1, 0.15) is 26.3 Å². The van der Waals surface area contributed by atoms with Crippen molar-refractivity contribution in [3.05, 3.63) is 36.4 Å². The summed E-state index contributed by atoms with van der Waals surface area (Å²) in [4.78, 5) is 3.97. The highest BCUT2D eigenvalue weighted by atomic mass is 14.7. The van der Waals surface area contributed by atoms with Gasteiger partial charge in [0.2, 0.25) is 0 Å². The van der Waals surface area contributed by atoms with Crippen LogP contribution in [0.15, 0.2) is 35.8 Å². The molecule has 0 bridgehead atoms. The lowest BCUT2D eigenvalue weighted by Crippen LogP contribution is -2.10. The van der Waals surface area contributed by atoms with Crippen molar-refractivity contribution in [2.45, 2.75) is 26.2 Å². The standard InChI is InChI=1S/C12H15N/c1-5-13-11-8-6-10(7-9-11)12(2,3)4/h6-9H,1H2,2-4H3. The summed E-state index contributed by atoms with van der Waals surface area (Å²) in [5.74, 6) is 2.52. The zero-order chi connectivity index (χ0) is 9.90. The number of rotatable bonds is 1. The van der Waals surface area contributed by atoms with Crippen molar-refractivity contribution in [2.24, 2.45) is 4.99 Å². The first kappa shape index (κ1) is 9.76. The fraction of sp³-hybridized carbons (Fsp3) is 0.333. The van der Waals surface area contributed by atoms with E-state index in [2.05, 4.69) is 50.3 Å². The van der Waals surface area contributed by atoms with Gasteiger partial charge in [-0.2, -0.15) is 0 Å². The Morgan fingerprint density at radius 1 is 1.15 bits per heavy atom. The molecule has 1 aromatic carbocycles. The molecule has 0 N–H and O–H groups in total. The summed E-state index contributed by atoms with van der Waals surface area (Å²) >= 11 is 0. The molecule has 0 aliphatic carbocycles. The topological polar surface area (TPSA) is 12.4 Å². The van der Waals surface area contributed by atoms with E-state index in [4.69, 9.17) is 0 Å². The van der Waals surface area contributed by atoms with Gasteiger partial charge in [0.1, 0.15) is 0 Å². The molecule has 0 aliphatic heterocycles. The Bertz CT molecular complexity index is 321. The minimum atomic E-state index is 0.205. The smallest absolute Gasteiger partial charge is 0.0729 e. The molecule has 0 saturated heterocycles. The van der Waals surface area contributed by atoms with Gasteiger partial charge in [-0.05, 0) is 35.6 Å². The van der Waals surface area contributed by atoms with E-state index < -0.39 is 0 Å². The van der Waals surface area contributed by atoms with Gasteiger partial charge in [0.15, 0.2) is 0 Å². The maximum Gasteiger partial charge on any atom is 0.0729 e. The summed E-state index contributed by atoms with van der Waals surface area (Å²) in [6, 6.07) is 8.16. The lowest BCUT2D eigenvalue weighted by atomic mass is 9.87. The SMILES string of the molecule is C=C=Nc1ccc(C(C)(C)C)cc1. The van der Waals surface area contributed by atoms with Gasteiger partial charge in [0.05, 0.1) is 5.69 Å². The van der Waals surface area contributed by atoms with E-state index in [1.165, 1.54) is 5.56 Å². The highest BCUT2D eigenvalue weighted by Crippen LogP contribution is 2.23. The van der Waals surface area contributed by atoms with Crippen molar-refractivity contribution in [1.82, 2.24) is 0 Å². The second kappa shape index (κ2) is 3.59. The Hall–Kier alpha value is -1.33. The normalized spacial score (nSPS) is 10.7. The Morgan fingerprint density at radius 3 is 2.08 bits per heavy atom. The van der Waals surface area contributed by atoms with Crippen LogP contribution in [0.25, 0.3) is 0 Å². The van der Waals surface area contributed by atoms with Crippen LogP contribution in [-0.4, -0.2) is 5.87 Å². The summed E-state index contributed by atoms with van der Waals surface area (Å²) in [6.45, 7) is 10.0. The van der Waals surface area contributed by atoms with Crippen LogP contribution in [0.2, 0.25) is 0 Å². The molecule has 0 spiro atoms. The Labute approximate surface area is 79.8 Å². The van der Waals surface area contributed by atoms with Crippen LogP contribution < -0.4 is 0 Å². The van der Waals surface area contributed by atoms with Gasteiger partial charge >= 0.3 is 0 Å². The predicted octanol–water partition coefficient (Wildman–Crippen LogP) is 3.47. The highest BCUT2D eigenvalue weighted by molar-refractivity contribution is 5.55. The molecule has 1 aromatic rings. The van der Waals surface area contributed by atoms with Crippen molar-refractivity contribution in [1.29, 1.82) is 0 Å². The molecule has 1 rings (SSSR count). The fourth-order valence-corrected chi connectivity index (χ4v) is 1.13. The van der Waals surface area contributed by atoms with Gasteiger partial charge < -0.3 is 0 Å². The number of benzene rings is 1. The molecule has 13 heavy (non-hydrogen) atoms. The van der Waals surface area contributed by atoms with Crippen LogP contribution in [0.3, 0.4) is 0 Å². The van der Waals surface area contributed by atoms with Gasteiger partial charge in [0, 0.05) is 0 Å². The molecule has 1 nitrogen and oxygen atoms in total. The molecular weight excluding hydrogens is 158 g/mol. The summed E-state index contributed by atoms with van der Waals surface area (Å²) in [5.41, 5.74) is 2.43. The van der Waals surface area contributed by atoms with Crippen molar-refractivity contribution in [3.63, 3.8) is 0 Å². The fourth-order valence-electron chi connectivity index (χ4n) is 1.13. The predicted molar refractivity (Wildman–Crippen MR) is 57.9 cm³/mol. The maximum atomic E-state index is 3.97. The van der Waals surface area contributed by atoms with Crippen LogP contribution in [0, 0.1) is 0 Å². The van der Waals surface area contributed by atoms with Crippen LogP contribution in [0.4, 0.5) is 5.69 Å². The van der Waals surface area contributed by atoms with E-state index in [-0.39, 0.29) is 5.41 Å². The summed E-state index contributed by atoms with van der Waals surface area (Å²) in [5, 5.41) is 0. The quantitative estimate of drug-likeness (QED) is 0.576. The number of nitrogens with zero attached hydrogens (tertiary/aromatic N) is 1. The first-order valence-electron chi connectivity index (χ1n) is 4.37. The number of hydrogen-bond donors (Lipinski definition) is 0. The molecule has 0 atom stereocenters. The van der Waals surface area contributed by atoms with Crippen LogP contribution in [-0.2, 0) is 5.41 Å². The van der Waals surface area contributed by atoms with E-state index in [0.717, 1.165) is 5.69 Å². The van der Waals surface area contributed by atoms with E-state index >= 15 is 0 Å². The number of aliphatic imine (C=N–C) groups is 1. The third-order valence-corrected chi connectivity index (χ3v) is 1.94. The van der Waals surface area contributed by atoms with Gasteiger partial charge in [-0.15, -0.1) is 0 Å². The van der Waals surface area contributed by atoms with Gasteiger partial charge in [-0.25, -0.2) is 4.99 Å². The van der Waals surface area contributed by atoms with Gasteiger partial charge in [-0.1, -0.05) is 32.9 Å². The van der Waals surface area contributed by atoms with Crippen molar-refractivity contribution in [3.8, 4) is 0 Å². The van der Waals surface area contributed by atoms with Gasteiger partial charge in [-0.3, -0.25) is 0 Å². The van der Waals surface area contributed by atoms with E-state index in [9.17, 15) is 0 Å². The van der Waals surface area contributed by atoms with Crippen LogP contribution >= 0.6 is 0 Å². The zero-order valence-corrected chi connectivity index (χ0v) is 8.46. The summed E-state index contributed by atoms with van der Waals surface area (Å²) in [7, 11) is 0. The molecular formula is C12H15N. The molecule has 0 heterocycles. The third kappa shape index (κ3) is 2.57. The van der Waals surface area contributed by atoms with Crippen molar-refractivity contribution in [2.75, 3.05) is 0 Å². The zero-order valence-electron chi connectivity index (χ0n) is 8.46. The van der Waals surface area contributed by atoms with E-state index in [0.29, 0.717) is 0 Å². The third-order valence-electron chi connectivity index (χ3n) is 1.94. The first-order valence-corrected chi connectivity index (χ1v) is 4.37. The first-order chi connectivity index (χ1) is 6.04. The minimum absolute atomic E-state index is 0.205. The van der Waals surface area contributed by atoms with E-state index in [1.807, 2.05) is 12.1 Å². The second-order valence-electron chi connectivity index (χ2n) is 4.07. The molecule has 0 radical (unpaired) electrons. The molecule has 0 aromatic heterocycles. The molecule has 0 saturated carbocycles. The van der Waals surface area contributed by atoms with Crippen molar-refractivity contribution >= 4 is 11.6 Å². The Morgan fingerprint density at radius 2 is 1.69 bits per heavy atom. The van der Waals surface area contributed by atoms with Gasteiger partial charge in [0.25, 0.3) is 0 Å². The Balaban J connectivity index is 3.00. The molecule has 0 fully saturated rings. The summed E-state index contributed by atoms with van der Waals surface area (Å²) < 4.78 is 0. The minimum Gasteiger partial charge on any atom is -0.207 e. The monoisotopic (exact) mass is 173 g/mol. The molecule has 0 amide bonds. The maximum absolute atomic E-state index is 3.97. The summed E-state index contributed by atoms with van der Waals surface area (Å²) in [6.07, 6.45) is 0. The van der Waals surface area contributed by atoms with E-state index in [1.54, 1.807) is 0 Å². The lowest BCUT2D eigenvalue weighted by Gasteiger charge is -2.18. The highest BCUT2D eigenvalue weighted by Gasteiger charge is 2.12. The average Bonchev–Trinajstić information content (AvgIpc) is 2.04. The largest absolute Gasteiger partial charge is 0.207 e. The molecule has 0 unspecified atom stereocenters. The molecule has 68 valence electrons. The average molecular weight is 173 g/mol. The molecule has 0 aliphatic rings. The molecule has 1 heteroatoms. The van der Waals surface area contributed by atoms with Crippen LogP contribution in [0.5, 0.6) is 0 Å². The lowest BCUT2D eigenvalue weighted by molar-refractivity contribution is 0.590. The Kier molecular flexibility index (Phi) is 2.69. The number of hydrogen-bond acceptors (Lipinski definition) is 1. The second-order valence-corrected chi connectivity index (χ2v) is 4.07. The van der Waals surface area contributed by atoms with Crippen molar-refractivity contribution < 1.29 is 0 Å².